The predicted molar refractivity (Wildman–Crippen MR) is 81.1 cm³/mol. The van der Waals surface area contributed by atoms with Crippen LogP contribution < -0.4 is 5.32 Å². The molecule has 0 unspecified atom stereocenters. The number of nitrogens with one attached hydrogen (secondary N) is 1. The van der Waals surface area contributed by atoms with Crippen molar-refractivity contribution in [3.63, 3.8) is 0 Å². The summed E-state index contributed by atoms with van der Waals surface area (Å²) in [5.41, 5.74) is 0. The highest BCUT2D eigenvalue weighted by Crippen LogP contribution is 2.22. The average molecular weight is 297 g/mol. The maximum absolute atomic E-state index is 12.2. The van der Waals surface area contributed by atoms with Gasteiger partial charge in [0.1, 0.15) is 0 Å². The fourth-order valence-corrected chi connectivity index (χ4v) is 3.24. The zero-order valence-corrected chi connectivity index (χ0v) is 13.2. The van der Waals surface area contributed by atoms with E-state index in [2.05, 4.69) is 21.7 Å². The second-order valence-electron chi connectivity index (χ2n) is 5.31. The Hall–Kier alpha value is -1.11. The van der Waals surface area contributed by atoms with Crippen molar-refractivity contribution in [3.05, 3.63) is 22.4 Å². The van der Waals surface area contributed by atoms with Crippen molar-refractivity contribution in [2.24, 2.45) is 0 Å². The highest BCUT2D eigenvalue weighted by molar-refractivity contribution is 7.10. The lowest BCUT2D eigenvalue weighted by molar-refractivity contribution is -0.00363. The van der Waals surface area contributed by atoms with Gasteiger partial charge < -0.3 is 19.9 Å². The van der Waals surface area contributed by atoms with E-state index >= 15 is 0 Å². The van der Waals surface area contributed by atoms with E-state index in [4.69, 9.17) is 4.74 Å². The molecule has 2 atom stereocenters. The Morgan fingerprint density at radius 3 is 3.05 bits per heavy atom. The predicted octanol–water partition coefficient (Wildman–Crippen LogP) is 1.78. The number of carbonyl (C=O) groups excluding carboxylic acids is 1. The van der Waals surface area contributed by atoms with Crippen LogP contribution in [0.25, 0.3) is 0 Å². The zero-order valence-electron chi connectivity index (χ0n) is 12.3. The number of ether oxygens (including phenoxy) is 1. The van der Waals surface area contributed by atoms with Crippen LogP contribution >= 0.6 is 11.3 Å². The van der Waals surface area contributed by atoms with Gasteiger partial charge in [0.2, 0.25) is 0 Å². The van der Waals surface area contributed by atoms with Gasteiger partial charge in [0.15, 0.2) is 0 Å². The minimum atomic E-state index is 0.00329. The SMILES string of the molecule is C[C@@H]1CN(C(=O)NC[C@@H](c2cccs2)N(C)C)CCO1. The van der Waals surface area contributed by atoms with Gasteiger partial charge in [-0.2, -0.15) is 0 Å². The number of morpholine rings is 1. The van der Waals surface area contributed by atoms with E-state index in [9.17, 15) is 4.79 Å². The summed E-state index contributed by atoms with van der Waals surface area (Å²) in [6, 6.07) is 4.38. The van der Waals surface area contributed by atoms with Gasteiger partial charge in [0.05, 0.1) is 18.8 Å². The Morgan fingerprint density at radius 1 is 1.65 bits per heavy atom. The van der Waals surface area contributed by atoms with E-state index < -0.39 is 0 Å². The number of urea groups is 1. The van der Waals surface area contributed by atoms with Crippen LogP contribution in [0.3, 0.4) is 0 Å². The van der Waals surface area contributed by atoms with Gasteiger partial charge in [-0.05, 0) is 32.5 Å². The van der Waals surface area contributed by atoms with Crippen LogP contribution in [-0.2, 0) is 4.74 Å². The number of thiophene rings is 1. The van der Waals surface area contributed by atoms with Gasteiger partial charge in [-0.25, -0.2) is 4.79 Å². The molecule has 2 heterocycles. The van der Waals surface area contributed by atoms with E-state index in [1.54, 1.807) is 11.3 Å². The summed E-state index contributed by atoms with van der Waals surface area (Å²) in [6.07, 6.45) is 0.122. The molecule has 1 aliphatic rings. The van der Waals surface area contributed by atoms with Crippen LogP contribution in [0.4, 0.5) is 4.79 Å². The van der Waals surface area contributed by atoms with Crippen molar-refractivity contribution >= 4 is 17.4 Å². The lowest BCUT2D eigenvalue weighted by atomic mass is 10.2. The number of amides is 2. The minimum Gasteiger partial charge on any atom is -0.375 e. The maximum Gasteiger partial charge on any atom is 0.317 e. The van der Waals surface area contributed by atoms with Crippen LogP contribution in [-0.4, -0.2) is 62.3 Å². The van der Waals surface area contributed by atoms with Gasteiger partial charge in [0, 0.05) is 24.5 Å². The number of nitrogens with zero attached hydrogens (tertiary/aromatic N) is 2. The van der Waals surface area contributed by atoms with E-state index in [-0.39, 0.29) is 18.2 Å². The maximum atomic E-state index is 12.2. The van der Waals surface area contributed by atoms with E-state index in [0.29, 0.717) is 26.2 Å². The molecule has 5 nitrogen and oxygen atoms in total. The first-order chi connectivity index (χ1) is 9.58. The molecule has 0 bridgehead atoms. The van der Waals surface area contributed by atoms with E-state index in [0.717, 1.165) is 0 Å². The molecule has 2 amide bonds. The summed E-state index contributed by atoms with van der Waals surface area (Å²) in [4.78, 5) is 17.4. The molecule has 1 aliphatic heterocycles. The highest BCUT2D eigenvalue weighted by atomic mass is 32.1. The van der Waals surface area contributed by atoms with E-state index in [1.807, 2.05) is 32.0 Å². The smallest absolute Gasteiger partial charge is 0.317 e. The van der Waals surface area contributed by atoms with Crippen molar-refractivity contribution in [3.8, 4) is 0 Å². The molecule has 20 heavy (non-hydrogen) atoms. The van der Waals surface area contributed by atoms with Crippen molar-refractivity contribution in [2.45, 2.75) is 19.1 Å². The molecule has 0 spiro atoms. The lowest BCUT2D eigenvalue weighted by Crippen LogP contribution is -2.50. The minimum absolute atomic E-state index is 0.00329. The third-order valence-corrected chi connectivity index (χ3v) is 4.44. The first kappa shape index (κ1) is 15.3. The van der Waals surface area contributed by atoms with Crippen LogP contribution in [0.5, 0.6) is 0 Å². The van der Waals surface area contributed by atoms with Gasteiger partial charge in [-0.15, -0.1) is 11.3 Å². The first-order valence-electron chi connectivity index (χ1n) is 6.92. The molecule has 6 heteroatoms. The standard InChI is InChI=1S/C14H23N3O2S/c1-11-10-17(6-7-19-11)14(18)15-9-12(16(2)3)13-5-4-8-20-13/h4-5,8,11-12H,6-7,9-10H2,1-3H3,(H,15,18)/t11-,12+/m1/s1. The Kier molecular flexibility index (Phi) is 5.39. The fourth-order valence-electron chi connectivity index (χ4n) is 2.32. The molecular weight excluding hydrogens is 274 g/mol. The number of likely N-dealkylation sites (N-methyl/N-ethyl adjacent to an activating group) is 1. The zero-order chi connectivity index (χ0) is 14.5. The van der Waals surface area contributed by atoms with Gasteiger partial charge in [-0.3, -0.25) is 0 Å². The number of hydrogen-bond donors (Lipinski definition) is 1. The molecule has 0 aliphatic carbocycles. The summed E-state index contributed by atoms with van der Waals surface area (Å²) >= 11 is 1.72. The molecule has 2 rings (SSSR count). The Morgan fingerprint density at radius 2 is 2.45 bits per heavy atom. The molecule has 1 N–H and O–H groups in total. The first-order valence-corrected chi connectivity index (χ1v) is 7.80. The lowest BCUT2D eigenvalue weighted by Gasteiger charge is -2.32. The molecular formula is C14H23N3O2S. The number of carbonyl (C=O) groups is 1. The quantitative estimate of drug-likeness (QED) is 0.921. The van der Waals surface area contributed by atoms with Crippen LogP contribution in [0.15, 0.2) is 17.5 Å². The van der Waals surface area contributed by atoms with Crippen molar-refractivity contribution < 1.29 is 9.53 Å². The largest absolute Gasteiger partial charge is 0.375 e. The van der Waals surface area contributed by atoms with Crippen LogP contribution in [0, 0.1) is 0 Å². The summed E-state index contributed by atoms with van der Waals surface area (Å²) in [5, 5.41) is 5.11. The summed E-state index contributed by atoms with van der Waals surface area (Å²) in [6.45, 7) is 4.57. The third kappa shape index (κ3) is 3.94. The molecule has 0 radical (unpaired) electrons. The second kappa shape index (κ2) is 7.06. The molecule has 0 aromatic carbocycles. The van der Waals surface area contributed by atoms with Crippen LogP contribution in [0.1, 0.15) is 17.8 Å². The topological polar surface area (TPSA) is 44.8 Å². The molecule has 1 saturated heterocycles. The fraction of sp³-hybridized carbons (Fsp3) is 0.643. The molecule has 1 aromatic rings. The molecule has 112 valence electrons. The summed E-state index contributed by atoms with van der Waals surface area (Å²) < 4.78 is 5.45. The Bertz CT molecular complexity index is 422. The monoisotopic (exact) mass is 297 g/mol. The molecule has 1 aromatic heterocycles. The molecule has 0 saturated carbocycles. The Labute approximate surface area is 124 Å². The van der Waals surface area contributed by atoms with Gasteiger partial charge >= 0.3 is 6.03 Å². The van der Waals surface area contributed by atoms with Crippen molar-refractivity contribution in [1.29, 1.82) is 0 Å². The van der Waals surface area contributed by atoms with Crippen molar-refractivity contribution in [1.82, 2.24) is 15.1 Å². The second-order valence-corrected chi connectivity index (χ2v) is 6.29. The van der Waals surface area contributed by atoms with E-state index in [1.165, 1.54) is 4.88 Å². The average Bonchev–Trinajstić information content (AvgIpc) is 2.92. The Balaban J connectivity index is 1.87. The number of rotatable bonds is 4. The van der Waals surface area contributed by atoms with Gasteiger partial charge in [-0.1, -0.05) is 6.07 Å². The van der Waals surface area contributed by atoms with Crippen molar-refractivity contribution in [2.75, 3.05) is 40.3 Å². The summed E-state index contributed by atoms with van der Waals surface area (Å²) in [7, 11) is 4.07. The van der Waals surface area contributed by atoms with Crippen LogP contribution in [0.2, 0.25) is 0 Å². The third-order valence-electron chi connectivity index (χ3n) is 3.47. The normalized spacial score (nSPS) is 21.0. The number of hydrogen-bond acceptors (Lipinski definition) is 4. The summed E-state index contributed by atoms with van der Waals surface area (Å²) in [5.74, 6) is 0. The highest BCUT2D eigenvalue weighted by Gasteiger charge is 2.23. The molecule has 1 fully saturated rings. The van der Waals surface area contributed by atoms with Gasteiger partial charge in [0.25, 0.3) is 0 Å².